The Kier molecular flexibility index (Phi) is 4.85. The molecule has 0 amide bonds. The van der Waals surface area contributed by atoms with Crippen molar-refractivity contribution in [3.05, 3.63) is 65.2 Å². The van der Waals surface area contributed by atoms with Crippen LogP contribution in [0.4, 0.5) is 5.69 Å². The predicted molar refractivity (Wildman–Crippen MR) is 89.3 cm³/mol. The summed E-state index contributed by atoms with van der Waals surface area (Å²) in [5, 5.41) is 7.66. The molecule has 0 heterocycles. The Labute approximate surface area is 124 Å². The average Bonchev–Trinajstić information content (AvgIpc) is 2.41. The molecule has 3 nitrogen and oxygen atoms in total. The maximum Gasteiger partial charge on any atom is 0.191 e. The van der Waals surface area contributed by atoms with Crippen LogP contribution in [0, 0.1) is 13.8 Å². The standard InChI is InChI=1S/C16H17N3S/c1-12-6-8-15(9-7-12)18-16(20)19-17-11-14-5-3-4-13(2)10-14/h3-11H,1-2H3,(H2,18,19,20)/b17-11-. The van der Waals surface area contributed by atoms with Crippen LogP contribution < -0.4 is 10.7 Å². The minimum Gasteiger partial charge on any atom is -0.331 e. The van der Waals surface area contributed by atoms with E-state index in [-0.39, 0.29) is 0 Å². The van der Waals surface area contributed by atoms with Gasteiger partial charge in [0, 0.05) is 5.69 Å². The fourth-order valence-electron chi connectivity index (χ4n) is 1.71. The van der Waals surface area contributed by atoms with Crippen molar-refractivity contribution in [2.45, 2.75) is 13.8 Å². The van der Waals surface area contributed by atoms with Crippen LogP contribution in [-0.4, -0.2) is 11.3 Å². The second-order valence-corrected chi connectivity index (χ2v) is 5.01. The molecule has 0 radical (unpaired) electrons. The van der Waals surface area contributed by atoms with Gasteiger partial charge in [-0.1, -0.05) is 47.5 Å². The first-order valence-electron chi connectivity index (χ1n) is 6.37. The van der Waals surface area contributed by atoms with E-state index in [0.29, 0.717) is 5.11 Å². The highest BCUT2D eigenvalue weighted by Crippen LogP contribution is 2.08. The fourth-order valence-corrected chi connectivity index (χ4v) is 1.88. The summed E-state index contributed by atoms with van der Waals surface area (Å²) in [4.78, 5) is 0. The van der Waals surface area contributed by atoms with Gasteiger partial charge in [0.25, 0.3) is 0 Å². The van der Waals surface area contributed by atoms with Gasteiger partial charge in [-0.25, -0.2) is 0 Å². The molecule has 4 heteroatoms. The number of anilines is 1. The molecule has 0 aliphatic rings. The van der Waals surface area contributed by atoms with E-state index in [1.165, 1.54) is 11.1 Å². The van der Waals surface area contributed by atoms with E-state index in [2.05, 4.69) is 21.9 Å². The third-order valence-electron chi connectivity index (χ3n) is 2.73. The van der Waals surface area contributed by atoms with Crippen LogP contribution in [0.3, 0.4) is 0 Å². The summed E-state index contributed by atoms with van der Waals surface area (Å²) in [5.41, 5.74) is 7.20. The number of thiocarbonyl (C=S) groups is 1. The summed E-state index contributed by atoms with van der Waals surface area (Å²) < 4.78 is 0. The van der Waals surface area contributed by atoms with Crippen molar-refractivity contribution in [2.75, 3.05) is 5.32 Å². The minimum atomic E-state index is 0.470. The van der Waals surface area contributed by atoms with Crippen LogP contribution in [0.5, 0.6) is 0 Å². The van der Waals surface area contributed by atoms with E-state index in [9.17, 15) is 0 Å². The Balaban J connectivity index is 1.87. The summed E-state index contributed by atoms with van der Waals surface area (Å²) in [7, 11) is 0. The van der Waals surface area contributed by atoms with Crippen molar-refractivity contribution in [3.8, 4) is 0 Å². The number of rotatable bonds is 3. The molecule has 0 saturated heterocycles. The molecule has 0 aromatic heterocycles. The lowest BCUT2D eigenvalue weighted by molar-refractivity contribution is 1.05. The van der Waals surface area contributed by atoms with Gasteiger partial charge in [-0.3, -0.25) is 5.43 Å². The number of aryl methyl sites for hydroxylation is 2. The number of nitrogens with one attached hydrogen (secondary N) is 2. The topological polar surface area (TPSA) is 36.4 Å². The number of hydrazone groups is 1. The van der Waals surface area contributed by atoms with Crippen LogP contribution in [0.2, 0.25) is 0 Å². The first-order valence-corrected chi connectivity index (χ1v) is 6.78. The second-order valence-electron chi connectivity index (χ2n) is 4.60. The van der Waals surface area contributed by atoms with Gasteiger partial charge >= 0.3 is 0 Å². The SMILES string of the molecule is Cc1ccc(NC(=S)N/N=C\c2cccc(C)c2)cc1. The van der Waals surface area contributed by atoms with Gasteiger partial charge in [0.15, 0.2) is 5.11 Å². The smallest absolute Gasteiger partial charge is 0.191 e. The lowest BCUT2D eigenvalue weighted by Gasteiger charge is -2.06. The largest absolute Gasteiger partial charge is 0.331 e. The van der Waals surface area contributed by atoms with Crippen LogP contribution in [-0.2, 0) is 0 Å². The van der Waals surface area contributed by atoms with Gasteiger partial charge < -0.3 is 5.32 Å². The summed E-state index contributed by atoms with van der Waals surface area (Å²) in [6, 6.07) is 16.1. The molecule has 0 unspecified atom stereocenters. The number of benzene rings is 2. The minimum absolute atomic E-state index is 0.470. The molecule has 2 aromatic rings. The Hall–Kier alpha value is -2.20. The van der Waals surface area contributed by atoms with Gasteiger partial charge in [0.1, 0.15) is 0 Å². The lowest BCUT2D eigenvalue weighted by Crippen LogP contribution is -2.23. The van der Waals surface area contributed by atoms with Crippen LogP contribution in [0.25, 0.3) is 0 Å². The summed E-state index contributed by atoms with van der Waals surface area (Å²) in [6.45, 7) is 4.10. The first-order chi connectivity index (χ1) is 9.63. The molecular weight excluding hydrogens is 266 g/mol. The maximum absolute atomic E-state index is 5.17. The predicted octanol–water partition coefficient (Wildman–Crippen LogP) is 3.62. The first kappa shape index (κ1) is 14.2. The maximum atomic E-state index is 5.17. The molecule has 0 aliphatic carbocycles. The van der Waals surface area contributed by atoms with Gasteiger partial charge in [0.05, 0.1) is 6.21 Å². The van der Waals surface area contributed by atoms with Crippen molar-refractivity contribution >= 4 is 29.2 Å². The zero-order valence-corrected chi connectivity index (χ0v) is 12.4. The Bertz CT molecular complexity index is 618. The van der Waals surface area contributed by atoms with Gasteiger partial charge in [-0.15, -0.1) is 0 Å². The number of hydrogen-bond acceptors (Lipinski definition) is 2. The van der Waals surface area contributed by atoms with Crippen LogP contribution in [0.1, 0.15) is 16.7 Å². The van der Waals surface area contributed by atoms with Crippen molar-refractivity contribution in [1.29, 1.82) is 0 Å². The number of nitrogens with zero attached hydrogens (tertiary/aromatic N) is 1. The third-order valence-corrected chi connectivity index (χ3v) is 2.92. The Morgan fingerprint density at radius 2 is 1.80 bits per heavy atom. The van der Waals surface area contributed by atoms with Crippen molar-refractivity contribution in [1.82, 2.24) is 5.43 Å². The van der Waals surface area contributed by atoms with Crippen molar-refractivity contribution < 1.29 is 0 Å². The number of hydrogen-bond donors (Lipinski definition) is 2. The molecule has 0 bridgehead atoms. The lowest BCUT2D eigenvalue weighted by atomic mass is 10.2. The zero-order chi connectivity index (χ0) is 14.4. The average molecular weight is 283 g/mol. The van der Waals surface area contributed by atoms with Gasteiger partial charge in [-0.2, -0.15) is 5.10 Å². The molecular formula is C16H17N3S. The summed E-state index contributed by atoms with van der Waals surface area (Å²) in [5.74, 6) is 0. The highest BCUT2D eigenvalue weighted by atomic mass is 32.1. The van der Waals surface area contributed by atoms with E-state index >= 15 is 0 Å². The van der Waals surface area contributed by atoms with Crippen molar-refractivity contribution in [3.63, 3.8) is 0 Å². The molecule has 0 atom stereocenters. The van der Waals surface area contributed by atoms with E-state index in [0.717, 1.165) is 11.3 Å². The second kappa shape index (κ2) is 6.82. The molecule has 0 aliphatic heterocycles. The summed E-state index contributed by atoms with van der Waals surface area (Å²) in [6.07, 6.45) is 1.75. The molecule has 20 heavy (non-hydrogen) atoms. The van der Waals surface area contributed by atoms with Crippen LogP contribution in [0.15, 0.2) is 53.6 Å². The molecule has 2 rings (SSSR count). The summed E-state index contributed by atoms with van der Waals surface area (Å²) >= 11 is 5.17. The Morgan fingerprint density at radius 1 is 1.05 bits per heavy atom. The molecule has 0 spiro atoms. The normalized spacial score (nSPS) is 10.5. The monoisotopic (exact) mass is 283 g/mol. The molecule has 102 valence electrons. The Morgan fingerprint density at radius 3 is 2.50 bits per heavy atom. The van der Waals surface area contributed by atoms with Gasteiger partial charge in [-0.05, 0) is 43.8 Å². The highest BCUT2D eigenvalue weighted by molar-refractivity contribution is 7.80. The van der Waals surface area contributed by atoms with Crippen LogP contribution >= 0.6 is 12.2 Å². The highest BCUT2D eigenvalue weighted by Gasteiger charge is 1.95. The van der Waals surface area contributed by atoms with E-state index in [4.69, 9.17) is 12.2 Å². The van der Waals surface area contributed by atoms with Crippen molar-refractivity contribution in [2.24, 2.45) is 5.10 Å². The van der Waals surface area contributed by atoms with Gasteiger partial charge in [0.2, 0.25) is 0 Å². The fraction of sp³-hybridized carbons (Fsp3) is 0.125. The third kappa shape index (κ3) is 4.48. The molecule has 2 aromatic carbocycles. The van der Waals surface area contributed by atoms with E-state index in [1.807, 2.05) is 56.3 Å². The molecule has 2 N–H and O–H groups in total. The van der Waals surface area contributed by atoms with E-state index in [1.54, 1.807) is 6.21 Å². The quantitative estimate of drug-likeness (QED) is 0.513. The zero-order valence-electron chi connectivity index (χ0n) is 11.6. The molecule has 0 fully saturated rings. The van der Waals surface area contributed by atoms with E-state index < -0.39 is 0 Å². The molecule has 0 saturated carbocycles.